The highest BCUT2D eigenvalue weighted by Crippen LogP contribution is 2.38. The fourth-order valence-electron chi connectivity index (χ4n) is 2.75. The van der Waals surface area contributed by atoms with E-state index >= 15 is 0 Å². The maximum atomic E-state index is 12.9. The predicted molar refractivity (Wildman–Crippen MR) is 105 cm³/mol. The number of carbonyl (C=O) groups is 1. The summed E-state index contributed by atoms with van der Waals surface area (Å²) in [6.07, 6.45) is -4.92. The van der Waals surface area contributed by atoms with E-state index in [9.17, 15) is 18.0 Å². The second-order valence-electron chi connectivity index (χ2n) is 6.89. The molecule has 0 unspecified atom stereocenters. The lowest BCUT2D eigenvalue weighted by molar-refractivity contribution is -0.275. The summed E-state index contributed by atoms with van der Waals surface area (Å²) in [6, 6.07) is 20.7. The molecule has 7 heteroatoms. The number of hydrogen-bond acceptors (Lipinski definition) is 4. The standard InChI is InChI=1S/C23H19F3O4/c1-22(2,17-9-5-3-6-10-17)29-20-15-16(13-14-19(20)30-23(24,25)26)21(27)28-18-11-7-4-8-12-18/h3-15H,1-2H3. The maximum absolute atomic E-state index is 12.9. The van der Waals surface area contributed by atoms with Crippen molar-refractivity contribution < 1.29 is 32.2 Å². The van der Waals surface area contributed by atoms with Crippen LogP contribution >= 0.6 is 0 Å². The maximum Gasteiger partial charge on any atom is 0.573 e. The van der Waals surface area contributed by atoms with Crippen LogP contribution < -0.4 is 14.2 Å². The van der Waals surface area contributed by atoms with E-state index in [1.807, 2.05) is 6.07 Å². The molecule has 0 heterocycles. The first-order chi connectivity index (χ1) is 14.1. The van der Waals surface area contributed by atoms with Crippen molar-refractivity contribution in [3.8, 4) is 17.2 Å². The first-order valence-corrected chi connectivity index (χ1v) is 9.06. The summed E-state index contributed by atoms with van der Waals surface area (Å²) in [5.41, 5.74) is -0.236. The van der Waals surface area contributed by atoms with E-state index < -0.39 is 23.7 Å². The lowest BCUT2D eigenvalue weighted by atomic mass is 9.98. The number of ether oxygens (including phenoxy) is 3. The topological polar surface area (TPSA) is 44.8 Å². The van der Waals surface area contributed by atoms with E-state index in [1.165, 1.54) is 12.1 Å². The Hall–Kier alpha value is -3.48. The molecule has 0 saturated heterocycles. The van der Waals surface area contributed by atoms with Crippen LogP contribution in [-0.2, 0) is 5.60 Å². The van der Waals surface area contributed by atoms with E-state index in [0.717, 1.165) is 11.6 Å². The fraction of sp³-hybridized carbons (Fsp3) is 0.174. The SMILES string of the molecule is CC(C)(Oc1cc(C(=O)Oc2ccccc2)ccc1OC(F)(F)F)c1ccccc1. The van der Waals surface area contributed by atoms with Crippen LogP contribution in [0.4, 0.5) is 13.2 Å². The van der Waals surface area contributed by atoms with Gasteiger partial charge in [-0.2, -0.15) is 0 Å². The van der Waals surface area contributed by atoms with Crippen molar-refractivity contribution in [1.29, 1.82) is 0 Å². The van der Waals surface area contributed by atoms with Gasteiger partial charge in [0.25, 0.3) is 0 Å². The van der Waals surface area contributed by atoms with Gasteiger partial charge in [-0.1, -0.05) is 48.5 Å². The summed E-state index contributed by atoms with van der Waals surface area (Å²) in [6.45, 7) is 3.41. The molecular formula is C23H19F3O4. The minimum Gasteiger partial charge on any atom is -0.479 e. The monoisotopic (exact) mass is 416 g/mol. The van der Waals surface area contributed by atoms with Crippen LogP contribution in [0, 0.1) is 0 Å². The molecule has 0 bridgehead atoms. The Morgan fingerprint density at radius 2 is 1.37 bits per heavy atom. The second kappa shape index (κ2) is 8.49. The third-order valence-electron chi connectivity index (χ3n) is 4.19. The summed E-state index contributed by atoms with van der Waals surface area (Å²) < 4.78 is 53.8. The molecule has 0 spiro atoms. The molecule has 0 aliphatic heterocycles. The molecule has 0 saturated carbocycles. The van der Waals surface area contributed by atoms with Gasteiger partial charge in [-0.15, -0.1) is 13.2 Å². The van der Waals surface area contributed by atoms with Gasteiger partial charge in [0.2, 0.25) is 0 Å². The van der Waals surface area contributed by atoms with Gasteiger partial charge in [0.1, 0.15) is 11.4 Å². The minimum atomic E-state index is -4.92. The Balaban J connectivity index is 1.93. The lowest BCUT2D eigenvalue weighted by Crippen LogP contribution is -2.26. The Morgan fingerprint density at radius 1 is 0.767 bits per heavy atom. The molecule has 0 atom stereocenters. The van der Waals surface area contributed by atoms with Gasteiger partial charge in [-0.3, -0.25) is 0 Å². The van der Waals surface area contributed by atoms with E-state index in [2.05, 4.69) is 4.74 Å². The van der Waals surface area contributed by atoms with Gasteiger partial charge in [0.15, 0.2) is 11.5 Å². The molecule has 30 heavy (non-hydrogen) atoms. The highest BCUT2D eigenvalue weighted by Gasteiger charge is 2.34. The summed E-state index contributed by atoms with van der Waals surface area (Å²) in [5, 5.41) is 0. The van der Waals surface area contributed by atoms with Gasteiger partial charge in [-0.05, 0) is 49.7 Å². The Kier molecular flexibility index (Phi) is 6.01. The third-order valence-corrected chi connectivity index (χ3v) is 4.19. The summed E-state index contributed by atoms with van der Waals surface area (Å²) in [7, 11) is 0. The zero-order valence-corrected chi connectivity index (χ0v) is 16.3. The Bertz CT molecular complexity index is 1000. The zero-order valence-electron chi connectivity index (χ0n) is 16.3. The molecule has 3 aromatic rings. The number of hydrogen-bond donors (Lipinski definition) is 0. The molecule has 156 valence electrons. The molecule has 0 N–H and O–H groups in total. The average Bonchev–Trinajstić information content (AvgIpc) is 2.69. The van der Waals surface area contributed by atoms with Crippen molar-refractivity contribution in [1.82, 2.24) is 0 Å². The highest BCUT2D eigenvalue weighted by molar-refractivity contribution is 5.91. The fourth-order valence-corrected chi connectivity index (χ4v) is 2.75. The predicted octanol–water partition coefficient (Wildman–Crippen LogP) is 6.12. The van der Waals surface area contributed by atoms with Crippen molar-refractivity contribution in [2.45, 2.75) is 25.8 Å². The smallest absolute Gasteiger partial charge is 0.479 e. The van der Waals surface area contributed by atoms with Crippen LogP contribution in [0.5, 0.6) is 17.2 Å². The lowest BCUT2D eigenvalue weighted by Gasteiger charge is -2.28. The van der Waals surface area contributed by atoms with Gasteiger partial charge in [0.05, 0.1) is 5.56 Å². The van der Waals surface area contributed by atoms with Gasteiger partial charge in [0, 0.05) is 0 Å². The van der Waals surface area contributed by atoms with Crippen molar-refractivity contribution in [3.63, 3.8) is 0 Å². The number of carbonyl (C=O) groups excluding carboxylic acids is 1. The quantitative estimate of drug-likeness (QED) is 0.359. The largest absolute Gasteiger partial charge is 0.573 e. The number of benzene rings is 3. The number of para-hydroxylation sites is 1. The van der Waals surface area contributed by atoms with Crippen LogP contribution in [-0.4, -0.2) is 12.3 Å². The molecule has 0 amide bonds. The van der Waals surface area contributed by atoms with Gasteiger partial charge < -0.3 is 14.2 Å². The van der Waals surface area contributed by atoms with Crippen LogP contribution in [0.3, 0.4) is 0 Å². The normalized spacial score (nSPS) is 11.6. The van der Waals surface area contributed by atoms with E-state index in [0.29, 0.717) is 5.75 Å². The minimum absolute atomic E-state index is 0.0206. The van der Waals surface area contributed by atoms with E-state index in [-0.39, 0.29) is 11.3 Å². The first-order valence-electron chi connectivity index (χ1n) is 9.06. The highest BCUT2D eigenvalue weighted by atomic mass is 19.4. The molecule has 0 radical (unpaired) electrons. The van der Waals surface area contributed by atoms with Crippen LogP contribution in [0.15, 0.2) is 78.9 Å². The molecule has 0 aliphatic carbocycles. The van der Waals surface area contributed by atoms with Gasteiger partial charge >= 0.3 is 12.3 Å². The number of alkyl halides is 3. The third kappa shape index (κ3) is 5.53. The Labute approximate surface area is 171 Å². The van der Waals surface area contributed by atoms with Gasteiger partial charge in [-0.25, -0.2) is 4.79 Å². The van der Waals surface area contributed by atoms with Crippen molar-refractivity contribution in [3.05, 3.63) is 90.0 Å². The second-order valence-corrected chi connectivity index (χ2v) is 6.89. The van der Waals surface area contributed by atoms with Crippen molar-refractivity contribution in [2.24, 2.45) is 0 Å². The number of esters is 1. The molecule has 0 aromatic heterocycles. The molecule has 3 aromatic carbocycles. The molecule has 3 rings (SSSR count). The molecule has 0 aliphatic rings. The molecule has 0 fully saturated rings. The van der Waals surface area contributed by atoms with Crippen molar-refractivity contribution in [2.75, 3.05) is 0 Å². The van der Waals surface area contributed by atoms with E-state index in [4.69, 9.17) is 9.47 Å². The van der Waals surface area contributed by atoms with Crippen molar-refractivity contribution >= 4 is 5.97 Å². The van der Waals surface area contributed by atoms with Crippen LogP contribution in [0.2, 0.25) is 0 Å². The Morgan fingerprint density at radius 3 is 1.97 bits per heavy atom. The van der Waals surface area contributed by atoms with Crippen LogP contribution in [0.25, 0.3) is 0 Å². The summed E-state index contributed by atoms with van der Waals surface area (Å²) in [4.78, 5) is 12.5. The molecule has 4 nitrogen and oxygen atoms in total. The van der Waals surface area contributed by atoms with E-state index in [1.54, 1.807) is 68.4 Å². The first kappa shape index (κ1) is 21.2. The molecular weight excluding hydrogens is 397 g/mol. The summed E-state index contributed by atoms with van der Waals surface area (Å²) in [5.74, 6) is -1.21. The zero-order chi connectivity index (χ0) is 21.8. The number of rotatable bonds is 6. The van der Waals surface area contributed by atoms with Crippen LogP contribution in [0.1, 0.15) is 29.8 Å². The summed E-state index contributed by atoms with van der Waals surface area (Å²) >= 11 is 0. The average molecular weight is 416 g/mol. The number of halogens is 3.